The molecular weight excluding hydrogens is 254 g/mol. The first-order chi connectivity index (χ1) is 9.15. The Hall–Kier alpha value is -2.57. The van der Waals surface area contributed by atoms with Gasteiger partial charge in [0.2, 0.25) is 5.82 Å². The molecule has 19 heavy (non-hydrogen) atoms. The molecule has 0 unspecified atom stereocenters. The molecule has 7 heteroatoms. The summed E-state index contributed by atoms with van der Waals surface area (Å²) in [5.41, 5.74) is 1.46. The van der Waals surface area contributed by atoms with E-state index in [4.69, 9.17) is 0 Å². The smallest absolute Gasteiger partial charge is 0.297 e. The van der Waals surface area contributed by atoms with E-state index in [0.29, 0.717) is 11.3 Å². The van der Waals surface area contributed by atoms with E-state index in [1.54, 1.807) is 12.1 Å². The molecule has 5 nitrogen and oxygen atoms in total. The standard InChI is InChI=1S/C12H8F2N4O/c13-11(14)12-17-16-10-5-15-9(6-18(10)12)7-1-3-8(19)4-2-7/h1-6,11,19H. The summed E-state index contributed by atoms with van der Waals surface area (Å²) in [6.07, 6.45) is 0.120. The van der Waals surface area contributed by atoms with Crippen LogP contribution in [0, 0.1) is 0 Å². The molecule has 2 aromatic heterocycles. The highest BCUT2D eigenvalue weighted by Gasteiger charge is 2.16. The molecule has 3 aromatic rings. The number of alkyl halides is 2. The van der Waals surface area contributed by atoms with Gasteiger partial charge >= 0.3 is 0 Å². The number of hydrogen-bond acceptors (Lipinski definition) is 4. The van der Waals surface area contributed by atoms with Crippen molar-refractivity contribution in [1.82, 2.24) is 19.6 Å². The number of hydrogen-bond donors (Lipinski definition) is 1. The Bertz CT molecular complexity index is 724. The minimum atomic E-state index is -2.70. The Morgan fingerprint density at radius 2 is 1.84 bits per heavy atom. The number of benzene rings is 1. The fraction of sp³-hybridized carbons (Fsp3) is 0.0833. The van der Waals surface area contributed by atoms with Crippen molar-refractivity contribution in [2.24, 2.45) is 0 Å². The summed E-state index contributed by atoms with van der Waals surface area (Å²) in [4.78, 5) is 4.13. The number of phenols is 1. The molecule has 0 aliphatic carbocycles. The molecule has 96 valence electrons. The summed E-state index contributed by atoms with van der Waals surface area (Å²) in [6.45, 7) is 0. The van der Waals surface area contributed by atoms with E-state index in [-0.39, 0.29) is 11.4 Å². The van der Waals surface area contributed by atoms with Crippen LogP contribution in [0.3, 0.4) is 0 Å². The molecule has 0 atom stereocenters. The second-order valence-electron chi connectivity index (χ2n) is 3.91. The highest BCUT2D eigenvalue weighted by atomic mass is 19.3. The quantitative estimate of drug-likeness (QED) is 0.770. The number of phenolic OH excluding ortho intramolecular Hbond substituents is 1. The number of aromatic nitrogens is 4. The third kappa shape index (κ3) is 1.99. The van der Waals surface area contributed by atoms with Crippen molar-refractivity contribution in [3.63, 3.8) is 0 Å². The van der Waals surface area contributed by atoms with Gasteiger partial charge in [-0.1, -0.05) is 0 Å². The molecular formula is C12H8F2N4O. The van der Waals surface area contributed by atoms with Gasteiger partial charge in [0, 0.05) is 11.8 Å². The van der Waals surface area contributed by atoms with Crippen molar-refractivity contribution in [1.29, 1.82) is 0 Å². The zero-order chi connectivity index (χ0) is 13.4. The van der Waals surface area contributed by atoms with Crippen LogP contribution in [0.1, 0.15) is 12.2 Å². The fourth-order valence-electron chi connectivity index (χ4n) is 1.75. The Morgan fingerprint density at radius 3 is 2.53 bits per heavy atom. The summed E-state index contributed by atoms with van der Waals surface area (Å²) in [6, 6.07) is 6.30. The van der Waals surface area contributed by atoms with Crippen LogP contribution in [0.4, 0.5) is 8.78 Å². The largest absolute Gasteiger partial charge is 0.508 e. The maximum absolute atomic E-state index is 12.7. The predicted molar refractivity (Wildman–Crippen MR) is 62.8 cm³/mol. The molecule has 3 rings (SSSR count). The lowest BCUT2D eigenvalue weighted by atomic mass is 10.1. The van der Waals surface area contributed by atoms with Crippen molar-refractivity contribution in [2.45, 2.75) is 6.43 Å². The number of fused-ring (bicyclic) bond motifs is 1. The van der Waals surface area contributed by atoms with Crippen LogP contribution in [-0.4, -0.2) is 24.7 Å². The number of rotatable bonds is 2. The molecule has 0 aliphatic rings. The van der Waals surface area contributed by atoms with Gasteiger partial charge in [-0.3, -0.25) is 9.38 Å². The second-order valence-corrected chi connectivity index (χ2v) is 3.91. The van der Waals surface area contributed by atoms with Crippen molar-refractivity contribution in [3.05, 3.63) is 42.5 Å². The van der Waals surface area contributed by atoms with Gasteiger partial charge in [-0.25, -0.2) is 8.78 Å². The van der Waals surface area contributed by atoms with Gasteiger partial charge in [-0.2, -0.15) is 0 Å². The van der Waals surface area contributed by atoms with E-state index in [2.05, 4.69) is 15.2 Å². The Balaban J connectivity index is 2.14. The van der Waals surface area contributed by atoms with Crippen LogP contribution in [0.25, 0.3) is 16.9 Å². The van der Waals surface area contributed by atoms with Gasteiger partial charge in [0.1, 0.15) is 5.75 Å². The van der Waals surface area contributed by atoms with Crippen molar-refractivity contribution in [2.75, 3.05) is 0 Å². The van der Waals surface area contributed by atoms with Gasteiger partial charge in [-0.15, -0.1) is 10.2 Å². The molecule has 1 N–H and O–H groups in total. The number of nitrogens with zero attached hydrogens (tertiary/aromatic N) is 4. The van der Waals surface area contributed by atoms with E-state index in [0.717, 1.165) is 0 Å². The first kappa shape index (κ1) is 11.5. The lowest BCUT2D eigenvalue weighted by Gasteiger charge is -2.03. The number of halogens is 2. The molecule has 2 heterocycles. The summed E-state index contributed by atoms with van der Waals surface area (Å²) in [7, 11) is 0. The van der Waals surface area contributed by atoms with E-state index >= 15 is 0 Å². The Morgan fingerprint density at radius 1 is 1.11 bits per heavy atom. The lowest BCUT2D eigenvalue weighted by molar-refractivity contribution is 0.139. The van der Waals surface area contributed by atoms with Gasteiger partial charge in [0.15, 0.2) is 5.65 Å². The minimum absolute atomic E-state index is 0.127. The van der Waals surface area contributed by atoms with Crippen molar-refractivity contribution < 1.29 is 13.9 Å². The van der Waals surface area contributed by atoms with Gasteiger partial charge in [0.05, 0.1) is 11.9 Å². The van der Waals surface area contributed by atoms with E-state index in [9.17, 15) is 13.9 Å². The van der Waals surface area contributed by atoms with Crippen molar-refractivity contribution in [3.8, 4) is 17.0 Å². The van der Waals surface area contributed by atoms with E-state index < -0.39 is 12.2 Å². The third-order valence-electron chi connectivity index (χ3n) is 2.68. The molecule has 0 fully saturated rings. The molecule has 0 aliphatic heterocycles. The van der Waals surface area contributed by atoms with Gasteiger partial charge in [-0.05, 0) is 24.3 Å². The zero-order valence-corrected chi connectivity index (χ0v) is 9.53. The highest BCUT2D eigenvalue weighted by Crippen LogP contribution is 2.22. The first-order valence-corrected chi connectivity index (χ1v) is 5.43. The number of aromatic hydroxyl groups is 1. The third-order valence-corrected chi connectivity index (χ3v) is 2.68. The predicted octanol–water partition coefficient (Wildman–Crippen LogP) is 2.43. The summed E-state index contributed by atoms with van der Waals surface area (Å²) in [5.74, 6) is -0.292. The first-order valence-electron chi connectivity index (χ1n) is 5.43. The van der Waals surface area contributed by atoms with Crippen LogP contribution in [0.2, 0.25) is 0 Å². The molecule has 0 saturated carbocycles. The van der Waals surface area contributed by atoms with Crippen LogP contribution in [0.5, 0.6) is 5.75 Å². The van der Waals surface area contributed by atoms with Crippen LogP contribution < -0.4 is 0 Å². The zero-order valence-electron chi connectivity index (χ0n) is 9.53. The Kier molecular flexibility index (Phi) is 2.59. The average molecular weight is 262 g/mol. The molecule has 0 radical (unpaired) electrons. The van der Waals surface area contributed by atoms with Crippen LogP contribution in [-0.2, 0) is 0 Å². The van der Waals surface area contributed by atoms with Gasteiger partial charge in [0.25, 0.3) is 6.43 Å². The summed E-state index contributed by atoms with van der Waals surface area (Å²) >= 11 is 0. The maximum atomic E-state index is 12.7. The SMILES string of the molecule is Oc1ccc(-c2cn3c(C(F)F)nnc3cn2)cc1. The van der Waals surface area contributed by atoms with E-state index in [1.807, 2.05) is 0 Å². The average Bonchev–Trinajstić information content (AvgIpc) is 2.82. The fourth-order valence-corrected chi connectivity index (χ4v) is 1.75. The summed E-state index contributed by atoms with van der Waals surface area (Å²) < 4.78 is 26.7. The van der Waals surface area contributed by atoms with E-state index in [1.165, 1.54) is 28.9 Å². The minimum Gasteiger partial charge on any atom is -0.508 e. The van der Waals surface area contributed by atoms with Crippen LogP contribution >= 0.6 is 0 Å². The van der Waals surface area contributed by atoms with Crippen LogP contribution in [0.15, 0.2) is 36.7 Å². The van der Waals surface area contributed by atoms with Gasteiger partial charge < -0.3 is 5.11 Å². The molecule has 0 saturated heterocycles. The molecule has 0 spiro atoms. The molecule has 0 bridgehead atoms. The second kappa shape index (κ2) is 4.27. The molecule has 1 aromatic carbocycles. The van der Waals surface area contributed by atoms with Crippen molar-refractivity contribution >= 4 is 5.65 Å². The normalized spacial score (nSPS) is 11.3. The molecule has 0 amide bonds. The lowest BCUT2D eigenvalue weighted by Crippen LogP contribution is -1.96. The summed E-state index contributed by atoms with van der Waals surface area (Å²) in [5, 5.41) is 16.3. The Labute approximate surface area is 106 Å². The maximum Gasteiger partial charge on any atom is 0.297 e. The monoisotopic (exact) mass is 262 g/mol. The topological polar surface area (TPSA) is 63.3 Å². The highest BCUT2D eigenvalue weighted by molar-refractivity contribution is 5.60.